The Bertz CT molecular complexity index is 620. The first-order valence-electron chi connectivity index (χ1n) is 6.61. The van der Waals surface area contributed by atoms with Gasteiger partial charge >= 0.3 is 0 Å². The van der Waals surface area contributed by atoms with Crippen LogP contribution in [0.15, 0.2) is 18.2 Å². The van der Waals surface area contributed by atoms with E-state index in [1.165, 1.54) is 0 Å². The summed E-state index contributed by atoms with van der Waals surface area (Å²) < 4.78 is 15.8. The van der Waals surface area contributed by atoms with Crippen molar-refractivity contribution in [1.82, 2.24) is 9.78 Å². The van der Waals surface area contributed by atoms with Crippen molar-refractivity contribution in [2.75, 3.05) is 0 Å². The number of benzene rings is 1. The van der Waals surface area contributed by atoms with Crippen molar-refractivity contribution in [3.63, 3.8) is 0 Å². The zero-order valence-electron chi connectivity index (χ0n) is 12.0. The Balaban J connectivity index is 2.33. The predicted molar refractivity (Wildman–Crippen MR) is 79.6 cm³/mol. The number of hydrogen-bond acceptors (Lipinski definition) is 2. The molecule has 1 aromatic carbocycles. The molecule has 1 unspecified atom stereocenters. The minimum absolute atomic E-state index is 0.0768. The third-order valence-electron chi connectivity index (χ3n) is 3.41. The second kappa shape index (κ2) is 5.94. The highest BCUT2D eigenvalue weighted by Gasteiger charge is 2.15. The fourth-order valence-electron chi connectivity index (χ4n) is 2.34. The number of rotatable bonds is 4. The number of hydrogen-bond donors (Lipinski definition) is 1. The zero-order valence-corrected chi connectivity index (χ0v) is 12.7. The van der Waals surface area contributed by atoms with Crippen molar-refractivity contribution >= 4 is 11.6 Å². The Kier molecular flexibility index (Phi) is 4.45. The number of nitrogens with two attached hydrogens (primary N) is 1. The molecule has 1 aromatic heterocycles. The quantitative estimate of drug-likeness (QED) is 0.941. The molecule has 5 heteroatoms. The Hall–Kier alpha value is -1.39. The minimum Gasteiger partial charge on any atom is -0.328 e. The van der Waals surface area contributed by atoms with E-state index in [1.54, 1.807) is 18.2 Å². The molecule has 0 aliphatic carbocycles. The van der Waals surface area contributed by atoms with Crippen LogP contribution in [0.2, 0.25) is 5.02 Å². The van der Waals surface area contributed by atoms with Crippen LogP contribution in [0.4, 0.5) is 4.39 Å². The Morgan fingerprint density at radius 2 is 2.10 bits per heavy atom. The largest absolute Gasteiger partial charge is 0.328 e. The monoisotopic (exact) mass is 295 g/mol. The van der Waals surface area contributed by atoms with Gasteiger partial charge in [-0.1, -0.05) is 23.7 Å². The predicted octanol–water partition coefficient (Wildman–Crippen LogP) is 3.23. The molecule has 0 aliphatic rings. The fourth-order valence-corrected chi connectivity index (χ4v) is 2.53. The average Bonchev–Trinajstić information content (AvgIpc) is 2.62. The summed E-state index contributed by atoms with van der Waals surface area (Å²) in [7, 11) is 0. The normalized spacial score (nSPS) is 12.7. The maximum Gasteiger partial charge on any atom is 0.146 e. The van der Waals surface area contributed by atoms with Crippen LogP contribution >= 0.6 is 11.6 Å². The van der Waals surface area contributed by atoms with Crippen LogP contribution in [0.3, 0.4) is 0 Å². The van der Waals surface area contributed by atoms with Crippen LogP contribution < -0.4 is 5.73 Å². The molecule has 2 rings (SSSR count). The van der Waals surface area contributed by atoms with Gasteiger partial charge in [-0.25, -0.2) is 4.39 Å². The van der Waals surface area contributed by atoms with Crippen molar-refractivity contribution < 1.29 is 4.39 Å². The summed E-state index contributed by atoms with van der Waals surface area (Å²) in [6.07, 6.45) is 0.774. The maximum absolute atomic E-state index is 13.9. The van der Waals surface area contributed by atoms with Crippen molar-refractivity contribution in [3.8, 4) is 0 Å². The second-order valence-electron chi connectivity index (χ2n) is 5.20. The molecule has 2 aromatic rings. The summed E-state index contributed by atoms with van der Waals surface area (Å²) in [6, 6.07) is 5.09. The summed E-state index contributed by atoms with van der Waals surface area (Å²) in [5.74, 6) is -0.379. The molecule has 0 saturated carbocycles. The fraction of sp³-hybridized carbons (Fsp3) is 0.400. The molecule has 0 radical (unpaired) electrons. The van der Waals surface area contributed by atoms with Crippen molar-refractivity contribution in [3.05, 3.63) is 51.6 Å². The lowest BCUT2D eigenvalue weighted by Crippen LogP contribution is -2.18. The van der Waals surface area contributed by atoms with Crippen molar-refractivity contribution in [1.29, 1.82) is 0 Å². The van der Waals surface area contributed by atoms with Gasteiger partial charge < -0.3 is 5.73 Å². The van der Waals surface area contributed by atoms with Gasteiger partial charge in [0.15, 0.2) is 0 Å². The van der Waals surface area contributed by atoms with Crippen LogP contribution in [0.25, 0.3) is 0 Å². The van der Waals surface area contributed by atoms with Gasteiger partial charge in [-0.3, -0.25) is 4.68 Å². The lowest BCUT2D eigenvalue weighted by molar-refractivity contribution is 0.578. The molecule has 3 nitrogen and oxygen atoms in total. The number of nitrogens with zero attached hydrogens (tertiary/aromatic N) is 2. The third-order valence-corrected chi connectivity index (χ3v) is 3.70. The van der Waals surface area contributed by atoms with Crippen LogP contribution in [0, 0.1) is 19.7 Å². The molecule has 108 valence electrons. The molecule has 0 fully saturated rings. The van der Waals surface area contributed by atoms with Crippen molar-refractivity contribution in [2.24, 2.45) is 5.73 Å². The molecule has 0 spiro atoms. The third kappa shape index (κ3) is 3.02. The Morgan fingerprint density at radius 3 is 2.75 bits per heavy atom. The highest BCUT2D eigenvalue weighted by molar-refractivity contribution is 6.30. The molecular formula is C15H19ClFN3. The lowest BCUT2D eigenvalue weighted by Gasteiger charge is -2.08. The molecule has 0 saturated heterocycles. The molecule has 0 bridgehead atoms. The van der Waals surface area contributed by atoms with E-state index in [9.17, 15) is 4.39 Å². The Labute approximate surface area is 123 Å². The van der Waals surface area contributed by atoms with E-state index < -0.39 is 0 Å². The number of aromatic nitrogens is 2. The molecule has 2 N–H and O–H groups in total. The maximum atomic E-state index is 13.9. The summed E-state index contributed by atoms with van der Waals surface area (Å²) in [4.78, 5) is 0. The highest BCUT2D eigenvalue weighted by atomic mass is 35.5. The lowest BCUT2D eigenvalue weighted by atomic mass is 10.1. The van der Waals surface area contributed by atoms with Gasteiger partial charge in [-0.2, -0.15) is 5.10 Å². The van der Waals surface area contributed by atoms with E-state index >= 15 is 0 Å². The van der Waals surface area contributed by atoms with Gasteiger partial charge in [0.1, 0.15) is 5.82 Å². The second-order valence-corrected chi connectivity index (χ2v) is 5.61. The van der Waals surface area contributed by atoms with E-state index in [1.807, 2.05) is 25.5 Å². The summed E-state index contributed by atoms with van der Waals surface area (Å²) >= 11 is 5.80. The van der Waals surface area contributed by atoms with E-state index in [2.05, 4.69) is 5.10 Å². The van der Waals surface area contributed by atoms with Gasteiger partial charge in [-0.05, 0) is 38.8 Å². The van der Waals surface area contributed by atoms with E-state index in [-0.39, 0.29) is 16.9 Å². The zero-order chi connectivity index (χ0) is 14.9. The molecule has 20 heavy (non-hydrogen) atoms. The van der Waals surface area contributed by atoms with Gasteiger partial charge in [0.05, 0.1) is 17.3 Å². The van der Waals surface area contributed by atoms with Crippen molar-refractivity contribution in [2.45, 2.75) is 39.8 Å². The number of halogens is 2. The Morgan fingerprint density at radius 1 is 1.40 bits per heavy atom. The molecule has 1 heterocycles. The molecule has 0 aliphatic heterocycles. The van der Waals surface area contributed by atoms with Gasteiger partial charge in [0, 0.05) is 17.3 Å². The van der Waals surface area contributed by atoms with Gasteiger partial charge in [0.25, 0.3) is 0 Å². The topological polar surface area (TPSA) is 43.8 Å². The van der Waals surface area contributed by atoms with Crippen LogP contribution in [-0.2, 0) is 13.0 Å². The first kappa shape index (κ1) is 15.0. The van der Waals surface area contributed by atoms with Gasteiger partial charge in [0.2, 0.25) is 0 Å². The van der Waals surface area contributed by atoms with E-state index in [0.29, 0.717) is 12.1 Å². The molecule has 1 atom stereocenters. The summed E-state index contributed by atoms with van der Waals surface area (Å²) in [5, 5.41) is 4.62. The summed E-state index contributed by atoms with van der Waals surface area (Å²) in [5.41, 5.74) is 9.51. The smallest absolute Gasteiger partial charge is 0.146 e. The first-order valence-corrected chi connectivity index (χ1v) is 6.99. The summed E-state index contributed by atoms with van der Waals surface area (Å²) in [6.45, 7) is 6.28. The molecule has 0 amide bonds. The first-order chi connectivity index (χ1) is 9.40. The minimum atomic E-state index is -0.379. The standard InChI is InChI=1S/C15H19ClFN3/c1-9(18)7-13-10(2)19-20(11(13)3)8-12-5-4-6-14(16)15(12)17/h4-6,9H,7-8,18H2,1-3H3. The van der Waals surface area contributed by atoms with E-state index in [4.69, 9.17) is 17.3 Å². The SMILES string of the molecule is Cc1nn(Cc2cccc(Cl)c2F)c(C)c1CC(C)N. The van der Waals surface area contributed by atoms with Gasteiger partial charge in [-0.15, -0.1) is 0 Å². The van der Waals surface area contributed by atoms with Crippen LogP contribution in [-0.4, -0.2) is 15.8 Å². The van der Waals surface area contributed by atoms with Crippen LogP contribution in [0.5, 0.6) is 0 Å². The van der Waals surface area contributed by atoms with Crippen LogP contribution in [0.1, 0.15) is 29.4 Å². The molecular weight excluding hydrogens is 277 g/mol. The number of aryl methyl sites for hydroxylation is 1. The average molecular weight is 296 g/mol. The van der Waals surface area contributed by atoms with E-state index in [0.717, 1.165) is 23.4 Å². The highest BCUT2D eigenvalue weighted by Crippen LogP contribution is 2.21.